The van der Waals surface area contributed by atoms with E-state index in [0.717, 1.165) is 12.2 Å². The second kappa shape index (κ2) is 5.48. The van der Waals surface area contributed by atoms with Gasteiger partial charge >= 0.3 is 0 Å². The van der Waals surface area contributed by atoms with E-state index >= 15 is 0 Å². The summed E-state index contributed by atoms with van der Waals surface area (Å²) in [5, 5.41) is 7.26. The molecular weight excluding hydrogens is 394 g/mol. The molecule has 0 unspecified atom stereocenters. The number of aromatic nitrogens is 6. The maximum absolute atomic E-state index is 13.0. The minimum absolute atomic E-state index is 0.0101. The standard InChI is InChI=1S/C22H19N7O2/c1-23-21-26-18-17(28(21)2)19(30)29(10-24-18)9-14-25-20(27-31-14)22-13-8-12(15(22)16(13)22)11-6-4-3-5-7-11/h3-7,10,13,16H,8-9H2,1-2H3,(H,23,26)/t13-,16-,22+/m1/s1. The summed E-state index contributed by atoms with van der Waals surface area (Å²) in [5.41, 5.74) is 4.87. The van der Waals surface area contributed by atoms with Crippen molar-refractivity contribution < 1.29 is 4.52 Å². The molecule has 0 radical (unpaired) electrons. The van der Waals surface area contributed by atoms with Crippen LogP contribution in [0.15, 0.2) is 51.5 Å². The summed E-state index contributed by atoms with van der Waals surface area (Å²) in [4.78, 5) is 26.3. The van der Waals surface area contributed by atoms with E-state index in [1.165, 1.54) is 27.6 Å². The van der Waals surface area contributed by atoms with Gasteiger partial charge in [-0.3, -0.25) is 9.36 Å². The van der Waals surface area contributed by atoms with Crippen LogP contribution in [0.1, 0.15) is 23.7 Å². The van der Waals surface area contributed by atoms with E-state index < -0.39 is 0 Å². The van der Waals surface area contributed by atoms with E-state index in [2.05, 4.69) is 49.7 Å². The lowest BCUT2D eigenvalue weighted by atomic mass is 10.1. The largest absolute Gasteiger partial charge is 0.359 e. The Labute approximate surface area is 176 Å². The SMILES string of the molecule is CNc1nc2ncn(Cc3nc([C@]45C6=C(c7ccccc7)C[C@@H]4[C@H]65)no3)c(=O)c2n1C. The second-order valence-electron chi connectivity index (χ2n) is 8.52. The molecular formula is C22H19N7O2. The molecule has 4 aromatic rings. The van der Waals surface area contributed by atoms with Gasteiger partial charge < -0.3 is 14.4 Å². The van der Waals surface area contributed by atoms with Crippen molar-refractivity contribution in [1.29, 1.82) is 0 Å². The first-order valence-electron chi connectivity index (χ1n) is 10.4. The first-order valence-corrected chi connectivity index (χ1v) is 10.4. The normalized spacial score (nSPS) is 25.2. The zero-order valence-electron chi connectivity index (χ0n) is 17.0. The molecule has 0 saturated heterocycles. The van der Waals surface area contributed by atoms with Gasteiger partial charge in [-0.25, -0.2) is 4.98 Å². The highest BCUT2D eigenvalue weighted by Crippen LogP contribution is 2.90. The van der Waals surface area contributed by atoms with Crippen LogP contribution in [0.4, 0.5) is 5.95 Å². The molecule has 2 fully saturated rings. The van der Waals surface area contributed by atoms with E-state index in [-0.39, 0.29) is 17.5 Å². The summed E-state index contributed by atoms with van der Waals surface area (Å²) in [6, 6.07) is 10.5. The van der Waals surface area contributed by atoms with Crippen LogP contribution in [0.5, 0.6) is 0 Å². The lowest BCUT2D eigenvalue weighted by Gasteiger charge is -2.03. The van der Waals surface area contributed by atoms with Crippen molar-refractivity contribution in [2.24, 2.45) is 18.9 Å². The number of benzene rings is 1. The van der Waals surface area contributed by atoms with Crippen LogP contribution in [-0.4, -0.2) is 36.3 Å². The van der Waals surface area contributed by atoms with Crippen LogP contribution >= 0.6 is 0 Å². The second-order valence-corrected chi connectivity index (χ2v) is 8.52. The average molecular weight is 413 g/mol. The van der Waals surface area contributed by atoms with Crippen LogP contribution in [0.25, 0.3) is 16.7 Å². The van der Waals surface area contributed by atoms with Gasteiger partial charge in [0.25, 0.3) is 5.56 Å². The van der Waals surface area contributed by atoms with Gasteiger partial charge in [-0.15, -0.1) is 0 Å². The quantitative estimate of drug-likeness (QED) is 0.533. The number of rotatable bonds is 5. The Balaban J connectivity index is 1.20. The van der Waals surface area contributed by atoms with Gasteiger partial charge in [-0.05, 0) is 29.0 Å². The first-order chi connectivity index (χ1) is 15.1. The summed E-state index contributed by atoms with van der Waals surface area (Å²) in [6.07, 6.45) is 2.57. The third-order valence-corrected chi connectivity index (χ3v) is 7.14. The molecule has 2 bridgehead atoms. The number of hydrogen-bond donors (Lipinski definition) is 1. The minimum atomic E-state index is -0.190. The molecule has 4 aliphatic rings. The molecule has 9 nitrogen and oxygen atoms in total. The summed E-state index contributed by atoms with van der Waals surface area (Å²) in [6.45, 7) is 0.185. The van der Waals surface area contributed by atoms with Crippen molar-refractivity contribution in [2.45, 2.75) is 18.4 Å². The Hall–Kier alpha value is -3.75. The highest BCUT2D eigenvalue weighted by Gasteiger charge is 2.89. The number of nitrogens with one attached hydrogen (secondary N) is 1. The predicted octanol–water partition coefficient (Wildman–Crippen LogP) is 1.96. The highest BCUT2D eigenvalue weighted by atomic mass is 16.5. The topological polar surface area (TPSA) is 104 Å². The summed E-state index contributed by atoms with van der Waals surface area (Å²) < 4.78 is 8.73. The lowest BCUT2D eigenvalue weighted by Crippen LogP contribution is -2.23. The van der Waals surface area contributed by atoms with E-state index in [1.807, 2.05) is 6.07 Å². The molecule has 2 saturated carbocycles. The number of fused-ring (bicyclic) bond motifs is 2. The molecule has 3 atom stereocenters. The molecule has 0 amide bonds. The van der Waals surface area contributed by atoms with Crippen molar-refractivity contribution in [3.05, 3.63) is 69.9 Å². The monoisotopic (exact) mass is 413 g/mol. The van der Waals surface area contributed by atoms with Crippen LogP contribution in [-0.2, 0) is 19.0 Å². The molecule has 0 aliphatic heterocycles. The fourth-order valence-electron chi connectivity index (χ4n) is 5.61. The Morgan fingerprint density at radius 1 is 1.26 bits per heavy atom. The Morgan fingerprint density at radius 2 is 2.10 bits per heavy atom. The van der Waals surface area contributed by atoms with Crippen LogP contribution in [0, 0.1) is 11.8 Å². The first kappa shape index (κ1) is 17.0. The number of allylic oxidation sites excluding steroid dienone is 2. The van der Waals surface area contributed by atoms with Crippen molar-refractivity contribution in [3.63, 3.8) is 0 Å². The molecule has 0 spiro atoms. The van der Waals surface area contributed by atoms with Crippen molar-refractivity contribution in [3.8, 4) is 0 Å². The molecule has 9 heteroatoms. The number of anilines is 1. The Kier molecular flexibility index (Phi) is 3.00. The van der Waals surface area contributed by atoms with Crippen LogP contribution < -0.4 is 10.9 Å². The molecule has 154 valence electrons. The summed E-state index contributed by atoms with van der Waals surface area (Å²) in [7, 11) is 3.54. The van der Waals surface area contributed by atoms with Gasteiger partial charge in [0.2, 0.25) is 11.8 Å². The van der Waals surface area contributed by atoms with Gasteiger partial charge in [-0.2, -0.15) is 9.97 Å². The summed E-state index contributed by atoms with van der Waals surface area (Å²) in [5.74, 6) is 2.94. The van der Waals surface area contributed by atoms with Gasteiger partial charge in [0.1, 0.15) is 12.9 Å². The van der Waals surface area contributed by atoms with E-state index in [9.17, 15) is 4.79 Å². The molecule has 31 heavy (non-hydrogen) atoms. The van der Waals surface area contributed by atoms with Crippen molar-refractivity contribution in [1.82, 2.24) is 29.2 Å². The van der Waals surface area contributed by atoms with E-state index in [0.29, 0.717) is 34.8 Å². The Bertz CT molecular complexity index is 1480. The van der Waals surface area contributed by atoms with E-state index in [1.54, 1.807) is 18.7 Å². The third kappa shape index (κ3) is 1.98. The molecule has 1 N–H and O–H groups in total. The van der Waals surface area contributed by atoms with Crippen molar-refractivity contribution >= 4 is 22.7 Å². The van der Waals surface area contributed by atoms with Gasteiger partial charge in [0.15, 0.2) is 17.0 Å². The average Bonchev–Trinajstić information content (AvgIpc) is 3.24. The number of nitrogens with zero attached hydrogens (tertiary/aromatic N) is 6. The van der Waals surface area contributed by atoms with E-state index in [4.69, 9.17) is 4.52 Å². The van der Waals surface area contributed by atoms with Gasteiger partial charge in [0.05, 0.1) is 5.41 Å². The predicted molar refractivity (Wildman–Crippen MR) is 112 cm³/mol. The molecule has 8 rings (SSSR count). The molecule has 4 aliphatic carbocycles. The molecule has 3 heterocycles. The van der Waals surface area contributed by atoms with Crippen LogP contribution in [0.3, 0.4) is 0 Å². The Morgan fingerprint density at radius 3 is 2.87 bits per heavy atom. The number of imidazole rings is 1. The molecule has 3 aromatic heterocycles. The van der Waals surface area contributed by atoms with Crippen molar-refractivity contribution in [2.75, 3.05) is 12.4 Å². The maximum Gasteiger partial charge on any atom is 0.280 e. The zero-order valence-corrected chi connectivity index (χ0v) is 17.0. The zero-order chi connectivity index (χ0) is 20.9. The smallest absolute Gasteiger partial charge is 0.280 e. The number of hydrogen-bond acceptors (Lipinski definition) is 7. The van der Waals surface area contributed by atoms with Gasteiger partial charge in [-0.1, -0.05) is 35.5 Å². The fraction of sp³-hybridized carbons (Fsp3) is 0.318. The lowest BCUT2D eigenvalue weighted by molar-refractivity contribution is 0.363. The third-order valence-electron chi connectivity index (χ3n) is 7.14. The maximum atomic E-state index is 13.0. The fourth-order valence-corrected chi connectivity index (χ4v) is 5.61. The van der Waals surface area contributed by atoms with Crippen LogP contribution in [0.2, 0.25) is 0 Å². The summed E-state index contributed by atoms with van der Waals surface area (Å²) >= 11 is 0. The van der Waals surface area contributed by atoms with Gasteiger partial charge in [0, 0.05) is 20.0 Å². The molecule has 1 aromatic carbocycles. The highest BCUT2D eigenvalue weighted by molar-refractivity contribution is 5.89. The minimum Gasteiger partial charge on any atom is -0.359 e. The number of aryl methyl sites for hydroxylation is 1.